The van der Waals surface area contributed by atoms with Crippen LogP contribution >= 0.6 is 0 Å². The standard InChI is InChI=1S/C19H30NO2.ClH/c1-6-11-20(8-3,12-13-22-19(21)7-2)15-18-14-16(4)9-10-17(18)5;/h7,9-10,14H,2,6,8,11-13,15H2,1,3-5H3;1H/q+1;/p-1. The fraction of sp³-hybridized carbons (Fsp3) is 0.526. The van der Waals surface area contributed by atoms with Gasteiger partial charge in [0.25, 0.3) is 0 Å². The molecule has 23 heavy (non-hydrogen) atoms. The summed E-state index contributed by atoms with van der Waals surface area (Å²) in [7, 11) is 0. The van der Waals surface area contributed by atoms with E-state index in [9.17, 15) is 4.79 Å². The highest BCUT2D eigenvalue weighted by Gasteiger charge is 2.26. The maximum Gasteiger partial charge on any atom is 0.330 e. The molecule has 0 aliphatic rings. The lowest BCUT2D eigenvalue weighted by Gasteiger charge is -2.38. The van der Waals surface area contributed by atoms with Gasteiger partial charge in [0.2, 0.25) is 0 Å². The third-order valence-electron chi connectivity index (χ3n) is 4.36. The molecule has 0 spiro atoms. The number of likely N-dealkylation sites (N-methyl/N-ethyl adjacent to an activating group) is 1. The predicted octanol–water partition coefficient (Wildman–Crippen LogP) is 0.783. The molecule has 0 aromatic heterocycles. The van der Waals surface area contributed by atoms with E-state index in [0.717, 1.165) is 37.1 Å². The van der Waals surface area contributed by atoms with Gasteiger partial charge in [0.1, 0.15) is 19.7 Å². The van der Waals surface area contributed by atoms with Crippen LogP contribution in [0.1, 0.15) is 37.0 Å². The molecular formula is C19H30ClNO2. The van der Waals surface area contributed by atoms with Crippen LogP contribution < -0.4 is 12.4 Å². The van der Waals surface area contributed by atoms with Gasteiger partial charge in [-0.25, -0.2) is 4.79 Å². The summed E-state index contributed by atoms with van der Waals surface area (Å²) >= 11 is 0. The molecule has 1 unspecified atom stereocenters. The molecule has 0 heterocycles. The second kappa shape index (κ2) is 10.5. The molecule has 1 aromatic carbocycles. The number of rotatable bonds is 9. The van der Waals surface area contributed by atoms with Crippen LogP contribution in [0.5, 0.6) is 0 Å². The number of aryl methyl sites for hydroxylation is 2. The summed E-state index contributed by atoms with van der Waals surface area (Å²) < 4.78 is 6.16. The van der Waals surface area contributed by atoms with Crippen molar-refractivity contribution in [2.75, 3.05) is 26.2 Å². The Bertz CT molecular complexity index is 516. The highest BCUT2D eigenvalue weighted by Crippen LogP contribution is 2.19. The number of quaternary nitrogens is 1. The maximum absolute atomic E-state index is 11.3. The number of nitrogens with zero attached hydrogens (tertiary/aromatic N) is 1. The van der Waals surface area contributed by atoms with Crippen LogP contribution in [0.2, 0.25) is 0 Å². The second-order valence-corrected chi connectivity index (χ2v) is 6.06. The third-order valence-corrected chi connectivity index (χ3v) is 4.36. The molecule has 0 bridgehead atoms. The van der Waals surface area contributed by atoms with E-state index in [4.69, 9.17) is 4.74 Å². The SMILES string of the molecule is C=CC(=O)OCC[N+](CC)(CCC)Cc1cc(C)ccc1C.[Cl-]. The lowest BCUT2D eigenvalue weighted by molar-refractivity contribution is -0.939. The largest absolute Gasteiger partial charge is 1.00 e. The molecule has 0 radical (unpaired) electrons. The van der Waals surface area contributed by atoms with Crippen molar-refractivity contribution in [1.29, 1.82) is 0 Å². The van der Waals surface area contributed by atoms with Gasteiger partial charge in [-0.05, 0) is 32.8 Å². The number of hydrogen-bond acceptors (Lipinski definition) is 2. The smallest absolute Gasteiger partial charge is 0.330 e. The van der Waals surface area contributed by atoms with Crippen molar-refractivity contribution in [2.24, 2.45) is 0 Å². The lowest BCUT2D eigenvalue weighted by atomic mass is 10.0. The Labute approximate surface area is 147 Å². The van der Waals surface area contributed by atoms with Gasteiger partial charge in [-0.2, -0.15) is 0 Å². The van der Waals surface area contributed by atoms with Gasteiger partial charge in [-0.15, -0.1) is 0 Å². The van der Waals surface area contributed by atoms with Gasteiger partial charge in [-0.3, -0.25) is 0 Å². The topological polar surface area (TPSA) is 26.3 Å². The van der Waals surface area contributed by atoms with E-state index in [-0.39, 0.29) is 18.4 Å². The Morgan fingerprint density at radius 1 is 1.26 bits per heavy atom. The van der Waals surface area contributed by atoms with Crippen LogP contribution in [0.25, 0.3) is 0 Å². The van der Waals surface area contributed by atoms with E-state index in [2.05, 4.69) is 52.5 Å². The molecule has 0 fully saturated rings. The van der Waals surface area contributed by atoms with E-state index in [1.807, 2.05) is 0 Å². The summed E-state index contributed by atoms with van der Waals surface area (Å²) in [6, 6.07) is 6.63. The summed E-state index contributed by atoms with van der Waals surface area (Å²) in [5, 5.41) is 0. The van der Waals surface area contributed by atoms with Crippen LogP contribution in [0.15, 0.2) is 30.9 Å². The first-order valence-corrected chi connectivity index (χ1v) is 8.16. The molecule has 1 atom stereocenters. The maximum atomic E-state index is 11.3. The molecule has 4 heteroatoms. The molecular weight excluding hydrogens is 310 g/mol. The van der Waals surface area contributed by atoms with E-state index < -0.39 is 0 Å². The molecule has 0 saturated carbocycles. The van der Waals surface area contributed by atoms with E-state index in [0.29, 0.717) is 6.61 Å². The molecule has 0 aliphatic carbocycles. The summed E-state index contributed by atoms with van der Waals surface area (Å²) in [5.41, 5.74) is 4.02. The van der Waals surface area contributed by atoms with Gasteiger partial charge < -0.3 is 21.6 Å². The Balaban J connectivity index is 0.00000484. The monoisotopic (exact) mass is 339 g/mol. The van der Waals surface area contributed by atoms with Crippen molar-refractivity contribution in [3.8, 4) is 0 Å². The van der Waals surface area contributed by atoms with Crippen LogP contribution in [0.3, 0.4) is 0 Å². The minimum Gasteiger partial charge on any atom is -1.00 e. The van der Waals surface area contributed by atoms with E-state index in [1.165, 1.54) is 22.8 Å². The molecule has 1 aromatic rings. The first-order chi connectivity index (χ1) is 10.5. The van der Waals surface area contributed by atoms with Crippen molar-refractivity contribution < 1.29 is 26.4 Å². The first kappa shape index (κ1) is 21.7. The van der Waals surface area contributed by atoms with Gasteiger partial charge in [0.05, 0.1) is 13.1 Å². The molecule has 3 nitrogen and oxygen atoms in total. The number of hydrogen-bond donors (Lipinski definition) is 0. The van der Waals surface area contributed by atoms with Gasteiger partial charge in [0.15, 0.2) is 0 Å². The second-order valence-electron chi connectivity index (χ2n) is 6.06. The summed E-state index contributed by atoms with van der Waals surface area (Å²) in [6.07, 6.45) is 2.35. The highest BCUT2D eigenvalue weighted by atomic mass is 35.5. The number of esters is 1. The minimum atomic E-state index is -0.336. The minimum absolute atomic E-state index is 0. The van der Waals surface area contributed by atoms with Crippen molar-refractivity contribution in [1.82, 2.24) is 0 Å². The molecule has 0 N–H and O–H groups in total. The van der Waals surface area contributed by atoms with Crippen LogP contribution in [-0.2, 0) is 16.1 Å². The summed E-state index contributed by atoms with van der Waals surface area (Å²) in [6.45, 7) is 16.6. The Hall–Kier alpha value is -1.32. The highest BCUT2D eigenvalue weighted by molar-refractivity contribution is 5.81. The van der Waals surface area contributed by atoms with E-state index in [1.54, 1.807) is 0 Å². The van der Waals surface area contributed by atoms with Gasteiger partial charge in [0, 0.05) is 11.6 Å². The van der Waals surface area contributed by atoms with Crippen molar-refractivity contribution in [2.45, 2.75) is 40.7 Å². The lowest BCUT2D eigenvalue weighted by Crippen LogP contribution is -3.00. The molecule has 0 saturated heterocycles. The van der Waals surface area contributed by atoms with Crippen molar-refractivity contribution in [3.63, 3.8) is 0 Å². The number of halogens is 1. The zero-order valence-electron chi connectivity index (χ0n) is 14.9. The average molecular weight is 340 g/mol. The quantitative estimate of drug-likeness (QED) is 0.377. The molecule has 0 aliphatic heterocycles. The zero-order valence-corrected chi connectivity index (χ0v) is 15.7. The van der Waals surface area contributed by atoms with Crippen molar-refractivity contribution >= 4 is 5.97 Å². The summed E-state index contributed by atoms with van der Waals surface area (Å²) in [4.78, 5) is 11.3. The first-order valence-electron chi connectivity index (χ1n) is 8.16. The Morgan fingerprint density at radius 3 is 2.52 bits per heavy atom. The van der Waals surface area contributed by atoms with Gasteiger partial charge in [-0.1, -0.05) is 37.3 Å². The number of carbonyl (C=O) groups excluding carboxylic acids is 1. The normalized spacial score (nSPS) is 12.9. The number of carbonyl (C=O) groups is 1. The van der Waals surface area contributed by atoms with E-state index >= 15 is 0 Å². The molecule has 0 amide bonds. The summed E-state index contributed by atoms with van der Waals surface area (Å²) in [5.74, 6) is -0.336. The van der Waals surface area contributed by atoms with Gasteiger partial charge >= 0.3 is 5.97 Å². The Kier molecular flexibility index (Phi) is 9.85. The van der Waals surface area contributed by atoms with Crippen molar-refractivity contribution in [3.05, 3.63) is 47.5 Å². The predicted molar refractivity (Wildman–Crippen MR) is 91.6 cm³/mol. The van der Waals surface area contributed by atoms with Crippen LogP contribution in [0, 0.1) is 13.8 Å². The number of ether oxygens (including phenoxy) is 1. The van der Waals surface area contributed by atoms with Crippen LogP contribution in [-0.4, -0.2) is 36.7 Å². The fourth-order valence-corrected chi connectivity index (χ4v) is 2.90. The fourth-order valence-electron chi connectivity index (χ4n) is 2.90. The Morgan fingerprint density at radius 2 is 1.96 bits per heavy atom. The zero-order chi connectivity index (χ0) is 16.6. The molecule has 130 valence electrons. The third kappa shape index (κ3) is 6.76. The molecule has 1 rings (SSSR count). The van der Waals surface area contributed by atoms with Crippen LogP contribution in [0.4, 0.5) is 0 Å². The number of benzene rings is 1. The average Bonchev–Trinajstić information content (AvgIpc) is 2.50.